The van der Waals surface area contributed by atoms with Crippen LogP contribution in [-0.2, 0) is 11.2 Å². The van der Waals surface area contributed by atoms with E-state index in [0.29, 0.717) is 12.3 Å². The second-order valence-corrected chi connectivity index (χ2v) is 3.42. The van der Waals surface area contributed by atoms with Crippen LogP contribution in [0.5, 0.6) is 0 Å². The number of benzene rings is 1. The summed E-state index contributed by atoms with van der Waals surface area (Å²) in [5.74, 6) is 0. The number of aldehydes is 1. The van der Waals surface area contributed by atoms with E-state index in [1.807, 2.05) is 24.3 Å². The molecule has 1 aromatic carbocycles. The van der Waals surface area contributed by atoms with Crippen molar-refractivity contribution in [3.8, 4) is 0 Å². The van der Waals surface area contributed by atoms with Gasteiger partial charge in [-0.25, -0.2) is 0 Å². The lowest BCUT2D eigenvalue weighted by atomic mass is 10.1. The van der Waals surface area contributed by atoms with Crippen molar-refractivity contribution >= 4 is 17.2 Å². The maximum Gasteiger partial charge on any atom is 0.166 e. The maximum absolute atomic E-state index is 10.9. The number of hydrogen-bond donors (Lipinski definition) is 1. The van der Waals surface area contributed by atoms with E-state index >= 15 is 0 Å². The average molecular weight is 203 g/mol. The molecule has 0 unspecified atom stereocenters. The third-order valence-corrected chi connectivity index (χ3v) is 2.52. The van der Waals surface area contributed by atoms with Crippen molar-refractivity contribution < 1.29 is 9.53 Å². The summed E-state index contributed by atoms with van der Waals surface area (Å²) in [5.41, 5.74) is 2.71. The molecule has 1 aromatic heterocycles. The predicted octanol–water partition coefficient (Wildman–Crippen LogP) is 2.17. The zero-order valence-corrected chi connectivity index (χ0v) is 8.62. The zero-order chi connectivity index (χ0) is 10.7. The third kappa shape index (κ3) is 1.78. The van der Waals surface area contributed by atoms with Gasteiger partial charge in [0.25, 0.3) is 0 Å². The summed E-state index contributed by atoms with van der Waals surface area (Å²) in [7, 11) is 1.66. The summed E-state index contributed by atoms with van der Waals surface area (Å²) in [4.78, 5) is 14.0. The van der Waals surface area contributed by atoms with Crippen molar-refractivity contribution in [1.82, 2.24) is 4.98 Å². The Morgan fingerprint density at radius 2 is 2.20 bits per heavy atom. The van der Waals surface area contributed by atoms with Crippen LogP contribution < -0.4 is 0 Å². The third-order valence-electron chi connectivity index (χ3n) is 2.52. The topological polar surface area (TPSA) is 42.1 Å². The maximum atomic E-state index is 10.9. The van der Waals surface area contributed by atoms with Crippen molar-refractivity contribution in [3.05, 3.63) is 35.5 Å². The molecule has 3 heteroatoms. The first-order valence-electron chi connectivity index (χ1n) is 4.90. The molecule has 0 amide bonds. The monoisotopic (exact) mass is 203 g/mol. The van der Waals surface area contributed by atoms with Crippen LogP contribution in [0.4, 0.5) is 0 Å². The Labute approximate surface area is 88.1 Å². The highest BCUT2D eigenvalue weighted by Crippen LogP contribution is 2.21. The Balaban J connectivity index is 2.51. The largest absolute Gasteiger partial charge is 0.384 e. The predicted molar refractivity (Wildman–Crippen MR) is 59.3 cm³/mol. The van der Waals surface area contributed by atoms with Crippen LogP contribution in [0.3, 0.4) is 0 Å². The van der Waals surface area contributed by atoms with Gasteiger partial charge in [-0.1, -0.05) is 18.2 Å². The molecule has 1 heterocycles. The molecule has 0 aliphatic heterocycles. The van der Waals surface area contributed by atoms with E-state index in [1.54, 1.807) is 7.11 Å². The molecule has 0 fully saturated rings. The number of carbonyl (C=O) groups is 1. The van der Waals surface area contributed by atoms with Gasteiger partial charge in [0.2, 0.25) is 0 Å². The minimum absolute atomic E-state index is 0.628. The Hall–Kier alpha value is -1.61. The lowest BCUT2D eigenvalue weighted by Gasteiger charge is -1.99. The molecule has 2 rings (SSSR count). The fraction of sp³-hybridized carbons (Fsp3) is 0.250. The molecule has 0 bridgehead atoms. The molecule has 1 N–H and O–H groups in total. The number of aromatic amines is 1. The summed E-state index contributed by atoms with van der Waals surface area (Å²) >= 11 is 0. The molecule has 0 spiro atoms. The summed E-state index contributed by atoms with van der Waals surface area (Å²) < 4.78 is 5.03. The van der Waals surface area contributed by atoms with Gasteiger partial charge in [0.05, 0.1) is 12.3 Å². The van der Waals surface area contributed by atoms with Crippen molar-refractivity contribution in [3.63, 3.8) is 0 Å². The number of fused-ring (bicyclic) bond motifs is 1. The smallest absolute Gasteiger partial charge is 0.166 e. The molecule has 78 valence electrons. The zero-order valence-electron chi connectivity index (χ0n) is 8.62. The minimum Gasteiger partial charge on any atom is -0.384 e. The van der Waals surface area contributed by atoms with Gasteiger partial charge >= 0.3 is 0 Å². The molecular weight excluding hydrogens is 190 g/mol. The van der Waals surface area contributed by atoms with E-state index in [-0.39, 0.29) is 0 Å². The Kier molecular flexibility index (Phi) is 2.83. The van der Waals surface area contributed by atoms with Gasteiger partial charge in [-0.05, 0) is 18.1 Å². The van der Waals surface area contributed by atoms with Gasteiger partial charge in [0, 0.05) is 18.0 Å². The van der Waals surface area contributed by atoms with E-state index in [4.69, 9.17) is 4.74 Å². The quantitative estimate of drug-likeness (QED) is 0.774. The highest BCUT2D eigenvalue weighted by Gasteiger charge is 2.09. The first kappa shape index (κ1) is 9.93. The standard InChI is InChI=1S/C12H13NO2/c1-15-7-6-10-9-4-2-3-5-11(9)13-12(10)8-14/h2-5,8,13H,6-7H2,1H3. The normalized spacial score (nSPS) is 10.7. The van der Waals surface area contributed by atoms with Crippen LogP contribution in [-0.4, -0.2) is 25.0 Å². The van der Waals surface area contributed by atoms with Gasteiger partial charge in [-0.3, -0.25) is 4.79 Å². The van der Waals surface area contributed by atoms with Crippen LogP contribution in [0.25, 0.3) is 10.9 Å². The Morgan fingerprint density at radius 3 is 2.93 bits per heavy atom. The molecule has 15 heavy (non-hydrogen) atoms. The second-order valence-electron chi connectivity index (χ2n) is 3.42. The molecule has 0 aliphatic carbocycles. The number of para-hydroxylation sites is 1. The molecule has 2 aromatic rings. The molecule has 0 atom stereocenters. The SMILES string of the molecule is COCCc1c(C=O)[nH]c2ccccc12. The van der Waals surface area contributed by atoms with Gasteiger partial charge in [-0.2, -0.15) is 0 Å². The van der Waals surface area contributed by atoms with E-state index in [9.17, 15) is 4.79 Å². The summed E-state index contributed by atoms with van der Waals surface area (Å²) in [6, 6.07) is 7.91. The van der Waals surface area contributed by atoms with Crippen LogP contribution >= 0.6 is 0 Å². The van der Waals surface area contributed by atoms with Crippen molar-refractivity contribution in [2.75, 3.05) is 13.7 Å². The number of carbonyl (C=O) groups excluding carboxylic acids is 1. The Morgan fingerprint density at radius 1 is 1.40 bits per heavy atom. The first-order valence-corrected chi connectivity index (χ1v) is 4.90. The number of aromatic nitrogens is 1. The van der Waals surface area contributed by atoms with E-state index in [1.165, 1.54) is 0 Å². The lowest BCUT2D eigenvalue weighted by Crippen LogP contribution is -1.96. The molecule has 0 aliphatic rings. The minimum atomic E-state index is 0.628. The summed E-state index contributed by atoms with van der Waals surface area (Å²) in [6.45, 7) is 0.628. The number of ether oxygens (including phenoxy) is 1. The van der Waals surface area contributed by atoms with Crippen molar-refractivity contribution in [1.29, 1.82) is 0 Å². The van der Waals surface area contributed by atoms with Crippen LogP contribution in [0.1, 0.15) is 16.1 Å². The number of hydrogen-bond acceptors (Lipinski definition) is 2. The number of nitrogens with one attached hydrogen (secondary N) is 1. The van der Waals surface area contributed by atoms with Gasteiger partial charge in [0.15, 0.2) is 6.29 Å². The van der Waals surface area contributed by atoms with Crippen LogP contribution in [0.2, 0.25) is 0 Å². The van der Waals surface area contributed by atoms with Gasteiger partial charge < -0.3 is 9.72 Å². The van der Waals surface area contributed by atoms with E-state index in [0.717, 1.165) is 29.2 Å². The van der Waals surface area contributed by atoms with Crippen LogP contribution in [0.15, 0.2) is 24.3 Å². The highest BCUT2D eigenvalue weighted by molar-refractivity contribution is 5.92. The fourth-order valence-electron chi connectivity index (χ4n) is 1.79. The molecule has 0 radical (unpaired) electrons. The molecule has 3 nitrogen and oxygen atoms in total. The number of rotatable bonds is 4. The summed E-state index contributed by atoms with van der Waals surface area (Å²) in [5, 5.41) is 1.11. The van der Waals surface area contributed by atoms with E-state index in [2.05, 4.69) is 4.98 Å². The van der Waals surface area contributed by atoms with E-state index < -0.39 is 0 Å². The lowest BCUT2D eigenvalue weighted by molar-refractivity contribution is 0.111. The number of H-pyrrole nitrogens is 1. The van der Waals surface area contributed by atoms with Gasteiger partial charge in [-0.15, -0.1) is 0 Å². The fourth-order valence-corrected chi connectivity index (χ4v) is 1.79. The van der Waals surface area contributed by atoms with Crippen LogP contribution in [0, 0.1) is 0 Å². The van der Waals surface area contributed by atoms with Gasteiger partial charge in [0.1, 0.15) is 0 Å². The average Bonchev–Trinajstić information content (AvgIpc) is 2.64. The summed E-state index contributed by atoms with van der Waals surface area (Å²) in [6.07, 6.45) is 1.62. The van der Waals surface area contributed by atoms with Crippen molar-refractivity contribution in [2.45, 2.75) is 6.42 Å². The molecule has 0 saturated heterocycles. The Bertz CT molecular complexity index is 473. The molecular formula is C12H13NO2. The highest BCUT2D eigenvalue weighted by atomic mass is 16.5. The molecule has 0 saturated carbocycles. The van der Waals surface area contributed by atoms with Crippen molar-refractivity contribution in [2.24, 2.45) is 0 Å². The first-order chi connectivity index (χ1) is 7.36. The second kappa shape index (κ2) is 4.28. The number of methoxy groups -OCH3 is 1.